The number of nitrogens with one attached hydrogen (secondary N) is 1. The Morgan fingerprint density at radius 1 is 1.00 bits per heavy atom. The number of carbonyl (C=O) groups is 3. The molecule has 1 saturated heterocycles. The van der Waals surface area contributed by atoms with Gasteiger partial charge in [-0.3, -0.25) is 4.79 Å². The van der Waals surface area contributed by atoms with Gasteiger partial charge in [0.25, 0.3) is 0 Å². The minimum atomic E-state index is -0.693. The smallest absolute Gasteiger partial charge is 0.410 e. The average molecular weight is 633 g/mol. The van der Waals surface area contributed by atoms with E-state index in [4.69, 9.17) is 9.47 Å². The van der Waals surface area contributed by atoms with E-state index in [9.17, 15) is 14.4 Å². The summed E-state index contributed by atoms with van der Waals surface area (Å²) in [6.07, 6.45) is 4.35. The normalized spacial score (nSPS) is 16.3. The Kier molecular flexibility index (Phi) is 12.7. The maximum absolute atomic E-state index is 13.9. The van der Waals surface area contributed by atoms with Gasteiger partial charge < -0.3 is 19.7 Å². The van der Waals surface area contributed by atoms with Crippen molar-refractivity contribution in [2.24, 2.45) is 5.92 Å². The van der Waals surface area contributed by atoms with Gasteiger partial charge in [0.2, 0.25) is 5.91 Å². The fourth-order valence-corrected chi connectivity index (χ4v) is 6.99. The first-order valence-electron chi connectivity index (χ1n) is 16.2. The molecule has 3 aromatic rings. The van der Waals surface area contributed by atoms with Crippen molar-refractivity contribution in [3.05, 3.63) is 83.9 Å². The standard InChI is InChI=1S/C37H48N2O5S/c1-5-6-21-33(35(41)44-37(2,3)4)38-34(40)30(23-29-18-12-17-28-16-10-11-20-32(28)29)25-45-26-31-19-13-22-39(31)36(42)43-24-27-14-8-7-9-15-27/h7-12,14-18,20,30-31,33H,5-6,13,19,21-26H2,1-4H3,(H,38,40)/t30?,31-,33-/m0/s1. The molecule has 0 aliphatic carbocycles. The molecule has 0 radical (unpaired) electrons. The summed E-state index contributed by atoms with van der Waals surface area (Å²) in [6, 6.07) is 23.5. The number of esters is 1. The summed E-state index contributed by atoms with van der Waals surface area (Å²) in [5, 5.41) is 5.33. The molecular formula is C37H48N2O5S. The van der Waals surface area contributed by atoms with Gasteiger partial charge in [0.05, 0.1) is 5.92 Å². The molecule has 0 aromatic heterocycles. The lowest BCUT2D eigenvalue weighted by Crippen LogP contribution is -2.47. The minimum absolute atomic E-state index is 0.0543. The number of hydrogen-bond acceptors (Lipinski definition) is 6. The number of unbranched alkanes of at least 4 members (excludes halogenated alkanes) is 1. The highest BCUT2D eigenvalue weighted by molar-refractivity contribution is 7.99. The lowest BCUT2D eigenvalue weighted by atomic mass is 9.95. The molecule has 45 heavy (non-hydrogen) atoms. The second-order valence-electron chi connectivity index (χ2n) is 12.8. The van der Waals surface area contributed by atoms with Crippen LogP contribution in [0.4, 0.5) is 4.79 Å². The summed E-state index contributed by atoms with van der Waals surface area (Å²) >= 11 is 1.68. The van der Waals surface area contributed by atoms with Crippen LogP contribution in [0.15, 0.2) is 72.8 Å². The maximum atomic E-state index is 13.9. The van der Waals surface area contributed by atoms with Gasteiger partial charge in [-0.2, -0.15) is 11.8 Å². The topological polar surface area (TPSA) is 84.9 Å². The quantitative estimate of drug-likeness (QED) is 0.185. The molecule has 4 rings (SSSR count). The lowest BCUT2D eigenvalue weighted by Gasteiger charge is -2.27. The number of hydrogen-bond donors (Lipinski definition) is 1. The van der Waals surface area contributed by atoms with Gasteiger partial charge in [-0.1, -0.05) is 92.6 Å². The largest absolute Gasteiger partial charge is 0.458 e. The molecule has 7 nitrogen and oxygen atoms in total. The predicted molar refractivity (Wildman–Crippen MR) is 182 cm³/mol. The molecule has 1 N–H and O–H groups in total. The van der Waals surface area contributed by atoms with Crippen molar-refractivity contribution in [1.82, 2.24) is 10.2 Å². The third-order valence-corrected chi connectivity index (χ3v) is 9.28. The molecule has 1 aliphatic heterocycles. The molecule has 0 saturated carbocycles. The monoisotopic (exact) mass is 632 g/mol. The lowest BCUT2D eigenvalue weighted by molar-refractivity contribution is -0.159. The van der Waals surface area contributed by atoms with Crippen LogP contribution in [0.5, 0.6) is 0 Å². The van der Waals surface area contributed by atoms with Crippen LogP contribution in [0.3, 0.4) is 0 Å². The molecule has 0 spiro atoms. The summed E-state index contributed by atoms with van der Waals surface area (Å²) in [4.78, 5) is 41.8. The maximum Gasteiger partial charge on any atom is 0.410 e. The van der Waals surface area contributed by atoms with E-state index in [0.29, 0.717) is 30.9 Å². The first-order chi connectivity index (χ1) is 21.6. The number of nitrogens with zero attached hydrogens (tertiary/aromatic N) is 1. The Morgan fingerprint density at radius 2 is 1.73 bits per heavy atom. The van der Waals surface area contributed by atoms with Crippen molar-refractivity contribution in [1.29, 1.82) is 0 Å². The molecule has 0 bridgehead atoms. The molecule has 8 heteroatoms. The van der Waals surface area contributed by atoms with Crippen molar-refractivity contribution in [3.8, 4) is 0 Å². The fourth-order valence-electron chi connectivity index (χ4n) is 5.68. The second-order valence-corrected chi connectivity index (χ2v) is 13.9. The van der Waals surface area contributed by atoms with Crippen LogP contribution in [-0.4, -0.2) is 58.6 Å². The molecule has 3 atom stereocenters. The van der Waals surface area contributed by atoms with Gasteiger partial charge >= 0.3 is 12.1 Å². The van der Waals surface area contributed by atoms with E-state index in [1.807, 2.05) is 74.2 Å². The van der Waals surface area contributed by atoms with Crippen LogP contribution in [0, 0.1) is 5.92 Å². The van der Waals surface area contributed by atoms with Crippen LogP contribution in [0.1, 0.15) is 70.9 Å². The fraction of sp³-hybridized carbons (Fsp3) is 0.486. The molecule has 3 aromatic carbocycles. The van der Waals surface area contributed by atoms with Crippen molar-refractivity contribution >= 4 is 40.5 Å². The minimum Gasteiger partial charge on any atom is -0.458 e. The molecule has 1 aliphatic rings. The molecule has 1 heterocycles. The first-order valence-corrected chi connectivity index (χ1v) is 17.3. The van der Waals surface area contributed by atoms with E-state index in [0.717, 1.165) is 47.6 Å². The van der Waals surface area contributed by atoms with Gasteiger partial charge in [-0.15, -0.1) is 0 Å². The van der Waals surface area contributed by atoms with E-state index in [-0.39, 0.29) is 30.6 Å². The van der Waals surface area contributed by atoms with Gasteiger partial charge in [0, 0.05) is 24.1 Å². The summed E-state index contributed by atoms with van der Waals surface area (Å²) < 4.78 is 11.3. The zero-order valence-corrected chi connectivity index (χ0v) is 27.9. The summed E-state index contributed by atoms with van der Waals surface area (Å²) in [6.45, 7) is 8.51. The molecule has 242 valence electrons. The number of carbonyl (C=O) groups excluding carboxylic acids is 3. The third kappa shape index (κ3) is 10.5. The number of likely N-dealkylation sites (tertiary alicyclic amines) is 1. The summed E-state index contributed by atoms with van der Waals surface area (Å²) in [5.41, 5.74) is 1.42. The Bertz CT molecular complexity index is 1400. The van der Waals surface area contributed by atoms with Crippen molar-refractivity contribution in [2.45, 2.75) is 90.5 Å². The Hall–Kier alpha value is -3.52. The predicted octanol–water partition coefficient (Wildman–Crippen LogP) is 7.55. The highest BCUT2D eigenvalue weighted by Crippen LogP contribution is 2.27. The number of thioether (sulfide) groups is 1. The Balaban J connectivity index is 1.44. The van der Waals surface area contributed by atoms with Gasteiger partial charge in [-0.05, 0) is 68.4 Å². The van der Waals surface area contributed by atoms with Crippen molar-refractivity contribution in [3.63, 3.8) is 0 Å². The Morgan fingerprint density at radius 3 is 2.49 bits per heavy atom. The van der Waals surface area contributed by atoms with Crippen LogP contribution < -0.4 is 5.32 Å². The van der Waals surface area contributed by atoms with E-state index >= 15 is 0 Å². The van der Waals surface area contributed by atoms with Crippen molar-refractivity contribution < 1.29 is 23.9 Å². The average Bonchev–Trinajstić information content (AvgIpc) is 3.49. The van der Waals surface area contributed by atoms with E-state index in [1.165, 1.54) is 0 Å². The number of benzene rings is 3. The second kappa shape index (κ2) is 16.7. The summed E-state index contributed by atoms with van der Waals surface area (Å²) in [7, 11) is 0. The molecule has 2 amide bonds. The third-order valence-electron chi connectivity index (χ3n) is 8.02. The number of fused-ring (bicyclic) bond motifs is 1. The van der Waals surface area contributed by atoms with Gasteiger partial charge in [0.1, 0.15) is 18.2 Å². The number of rotatable bonds is 14. The summed E-state index contributed by atoms with van der Waals surface area (Å²) in [5.74, 6) is 0.370. The van der Waals surface area contributed by atoms with E-state index < -0.39 is 17.6 Å². The Labute approximate surface area is 272 Å². The zero-order valence-electron chi connectivity index (χ0n) is 27.1. The van der Waals surface area contributed by atoms with Crippen LogP contribution in [-0.2, 0) is 32.1 Å². The highest BCUT2D eigenvalue weighted by atomic mass is 32.2. The zero-order chi connectivity index (χ0) is 32.2. The number of ether oxygens (including phenoxy) is 2. The van der Waals surface area contributed by atoms with Gasteiger partial charge in [0.15, 0.2) is 0 Å². The highest BCUT2D eigenvalue weighted by Gasteiger charge is 2.32. The van der Waals surface area contributed by atoms with Crippen LogP contribution in [0.25, 0.3) is 10.8 Å². The van der Waals surface area contributed by atoms with Crippen molar-refractivity contribution in [2.75, 3.05) is 18.1 Å². The SMILES string of the molecule is CCCC[C@H](NC(=O)C(CSC[C@@H]1CCCN1C(=O)OCc1ccccc1)Cc1cccc2ccccc12)C(=O)OC(C)(C)C. The molecule has 1 unspecified atom stereocenters. The van der Waals surface area contributed by atoms with E-state index in [1.54, 1.807) is 11.8 Å². The van der Waals surface area contributed by atoms with E-state index in [2.05, 4.69) is 36.5 Å². The molecular weight excluding hydrogens is 584 g/mol. The molecule has 1 fully saturated rings. The van der Waals surface area contributed by atoms with Gasteiger partial charge in [-0.25, -0.2) is 9.59 Å². The first kappa shape index (κ1) is 34.4. The van der Waals surface area contributed by atoms with Crippen LogP contribution in [0.2, 0.25) is 0 Å². The number of amides is 2. The van der Waals surface area contributed by atoms with Crippen LogP contribution >= 0.6 is 11.8 Å².